The Balaban J connectivity index is 1.35. The Morgan fingerprint density at radius 2 is 1.92 bits per heavy atom. The molecule has 0 bridgehead atoms. The number of para-hydroxylation sites is 1. The van der Waals surface area contributed by atoms with Crippen LogP contribution in [0.5, 0.6) is 0 Å². The molecule has 0 spiro atoms. The van der Waals surface area contributed by atoms with Crippen LogP contribution in [0.1, 0.15) is 11.3 Å². The van der Waals surface area contributed by atoms with Crippen LogP contribution in [0.4, 0.5) is 5.13 Å². The largest absolute Gasteiger partial charge is 0.361 e. The lowest BCUT2D eigenvalue weighted by molar-refractivity contribution is -0.115. The lowest BCUT2D eigenvalue weighted by atomic mass is 10.1. The second-order valence-corrected chi connectivity index (χ2v) is 7.74. The van der Waals surface area contributed by atoms with Crippen molar-refractivity contribution >= 4 is 45.0 Å². The van der Waals surface area contributed by atoms with E-state index < -0.39 is 0 Å². The molecule has 4 rings (SSSR count). The van der Waals surface area contributed by atoms with Crippen molar-refractivity contribution in [3.8, 4) is 0 Å². The summed E-state index contributed by atoms with van der Waals surface area (Å²) in [4.78, 5) is 21.3. The number of thiazole rings is 1. The van der Waals surface area contributed by atoms with Crippen molar-refractivity contribution in [2.24, 2.45) is 0 Å². The molecular weight excluding hydrogens is 362 g/mol. The first-order valence-electron chi connectivity index (χ1n) is 8.25. The van der Waals surface area contributed by atoms with Gasteiger partial charge in [-0.2, -0.15) is 0 Å². The van der Waals surface area contributed by atoms with Gasteiger partial charge in [-0.1, -0.05) is 36.4 Å². The van der Waals surface area contributed by atoms with Crippen LogP contribution in [-0.2, 0) is 17.0 Å². The number of hydrogen-bond acceptors (Lipinski definition) is 4. The minimum atomic E-state index is -0.0497. The zero-order chi connectivity index (χ0) is 17.8. The molecule has 0 radical (unpaired) electrons. The van der Waals surface area contributed by atoms with Gasteiger partial charge in [-0.3, -0.25) is 4.79 Å². The van der Waals surface area contributed by atoms with Crippen molar-refractivity contribution in [3.63, 3.8) is 0 Å². The number of rotatable bonds is 6. The Kier molecular flexibility index (Phi) is 5.04. The van der Waals surface area contributed by atoms with Gasteiger partial charge in [0.1, 0.15) is 0 Å². The number of fused-ring (bicyclic) bond motifs is 1. The van der Waals surface area contributed by atoms with E-state index in [4.69, 9.17) is 0 Å². The van der Waals surface area contributed by atoms with Crippen molar-refractivity contribution < 1.29 is 4.79 Å². The number of aromatic amines is 1. The highest BCUT2D eigenvalue weighted by Crippen LogP contribution is 2.25. The van der Waals surface area contributed by atoms with Crippen LogP contribution in [0, 0.1) is 0 Å². The summed E-state index contributed by atoms with van der Waals surface area (Å²) in [5.41, 5.74) is 3.02. The molecule has 0 saturated carbocycles. The third-order valence-electron chi connectivity index (χ3n) is 3.95. The van der Waals surface area contributed by atoms with Gasteiger partial charge in [0.15, 0.2) is 5.13 Å². The number of benzene rings is 2. The molecule has 2 aromatic carbocycles. The number of nitrogens with zero attached hydrogens (tertiary/aromatic N) is 1. The van der Waals surface area contributed by atoms with Crippen molar-refractivity contribution in [2.45, 2.75) is 17.1 Å². The van der Waals surface area contributed by atoms with E-state index in [2.05, 4.69) is 27.4 Å². The Bertz CT molecular complexity index is 1020. The molecule has 0 fully saturated rings. The van der Waals surface area contributed by atoms with Gasteiger partial charge in [-0.15, -0.1) is 23.1 Å². The summed E-state index contributed by atoms with van der Waals surface area (Å²) in [5.74, 6) is 0.741. The van der Waals surface area contributed by atoms with E-state index in [0.29, 0.717) is 11.6 Å². The number of anilines is 1. The molecule has 0 saturated heterocycles. The lowest BCUT2D eigenvalue weighted by Gasteiger charge is -2.01. The van der Waals surface area contributed by atoms with Gasteiger partial charge in [-0.05, 0) is 23.8 Å². The third kappa shape index (κ3) is 3.98. The number of aromatic nitrogens is 2. The molecule has 0 unspecified atom stereocenters. The highest BCUT2D eigenvalue weighted by Gasteiger charge is 2.11. The number of H-pyrrole nitrogens is 1. The first kappa shape index (κ1) is 16.9. The van der Waals surface area contributed by atoms with Crippen molar-refractivity contribution in [1.82, 2.24) is 9.97 Å². The van der Waals surface area contributed by atoms with E-state index in [1.165, 1.54) is 16.2 Å². The quantitative estimate of drug-likeness (QED) is 0.458. The Hall–Kier alpha value is -2.57. The molecule has 4 nitrogen and oxygen atoms in total. The summed E-state index contributed by atoms with van der Waals surface area (Å²) >= 11 is 3.20. The molecular formula is C20H17N3OS2. The van der Waals surface area contributed by atoms with E-state index in [0.717, 1.165) is 27.9 Å². The van der Waals surface area contributed by atoms with Crippen molar-refractivity contribution in [3.05, 3.63) is 77.4 Å². The standard InChI is InChI=1S/C20H17N3OS2/c24-19(10-14-11-21-18-9-5-4-8-17(14)18)23-20-22-15(13-26-20)12-25-16-6-2-1-3-7-16/h1-9,11,13,21H,10,12H2,(H,22,23,24). The fourth-order valence-electron chi connectivity index (χ4n) is 2.72. The maximum Gasteiger partial charge on any atom is 0.230 e. The predicted molar refractivity (Wildman–Crippen MR) is 109 cm³/mol. The molecule has 1 amide bonds. The smallest absolute Gasteiger partial charge is 0.230 e. The molecule has 4 aromatic rings. The molecule has 130 valence electrons. The molecule has 26 heavy (non-hydrogen) atoms. The van der Waals surface area contributed by atoms with Crippen molar-refractivity contribution in [2.75, 3.05) is 5.32 Å². The van der Waals surface area contributed by atoms with Gasteiger partial charge >= 0.3 is 0 Å². The van der Waals surface area contributed by atoms with Crippen LogP contribution < -0.4 is 5.32 Å². The fourth-order valence-corrected chi connectivity index (χ4v) is 4.36. The number of carbonyl (C=O) groups excluding carboxylic acids is 1. The van der Waals surface area contributed by atoms with Gasteiger partial charge in [-0.25, -0.2) is 4.98 Å². The summed E-state index contributed by atoms with van der Waals surface area (Å²) in [6.07, 6.45) is 2.23. The van der Waals surface area contributed by atoms with Crippen LogP contribution in [0.2, 0.25) is 0 Å². The number of nitrogens with one attached hydrogen (secondary N) is 2. The second kappa shape index (κ2) is 7.76. The molecule has 0 atom stereocenters. The molecule has 2 aromatic heterocycles. The summed E-state index contributed by atoms with van der Waals surface area (Å²) in [7, 11) is 0. The monoisotopic (exact) mass is 379 g/mol. The summed E-state index contributed by atoms with van der Waals surface area (Å²) in [6.45, 7) is 0. The minimum Gasteiger partial charge on any atom is -0.361 e. The van der Waals surface area contributed by atoms with Gasteiger partial charge in [0, 0.05) is 33.1 Å². The Labute approximate surface area is 159 Å². The number of thioether (sulfide) groups is 1. The van der Waals surface area contributed by atoms with Gasteiger partial charge in [0.05, 0.1) is 12.1 Å². The van der Waals surface area contributed by atoms with Crippen LogP contribution >= 0.6 is 23.1 Å². The molecule has 0 aliphatic rings. The summed E-state index contributed by atoms with van der Waals surface area (Å²) in [6, 6.07) is 18.2. The van der Waals surface area contributed by atoms with Crippen molar-refractivity contribution in [1.29, 1.82) is 0 Å². The molecule has 2 heterocycles. The lowest BCUT2D eigenvalue weighted by Crippen LogP contribution is -2.14. The topological polar surface area (TPSA) is 57.8 Å². The van der Waals surface area contributed by atoms with Crippen LogP contribution in [-0.4, -0.2) is 15.9 Å². The molecule has 0 aliphatic carbocycles. The maximum atomic E-state index is 12.3. The number of amides is 1. The fraction of sp³-hybridized carbons (Fsp3) is 0.100. The number of hydrogen-bond donors (Lipinski definition) is 2. The average molecular weight is 380 g/mol. The van der Waals surface area contributed by atoms with E-state index in [1.807, 2.05) is 54.0 Å². The minimum absolute atomic E-state index is 0.0497. The van der Waals surface area contributed by atoms with E-state index in [-0.39, 0.29) is 5.91 Å². The molecule has 6 heteroatoms. The Morgan fingerprint density at radius 1 is 1.12 bits per heavy atom. The Morgan fingerprint density at radius 3 is 2.81 bits per heavy atom. The van der Waals surface area contributed by atoms with Crippen LogP contribution in [0.15, 0.2) is 71.1 Å². The second-order valence-electron chi connectivity index (χ2n) is 5.83. The van der Waals surface area contributed by atoms with E-state index in [1.54, 1.807) is 11.8 Å². The third-order valence-corrected chi connectivity index (χ3v) is 5.81. The van der Waals surface area contributed by atoms with Crippen LogP contribution in [0.25, 0.3) is 10.9 Å². The van der Waals surface area contributed by atoms with Gasteiger partial charge in [0.25, 0.3) is 0 Å². The summed E-state index contributed by atoms with van der Waals surface area (Å²) in [5, 5.41) is 6.64. The van der Waals surface area contributed by atoms with Gasteiger partial charge < -0.3 is 10.3 Å². The summed E-state index contributed by atoms with van der Waals surface area (Å²) < 4.78 is 0. The first-order chi connectivity index (χ1) is 12.8. The predicted octanol–water partition coefficient (Wildman–Crippen LogP) is 5.10. The normalized spacial score (nSPS) is 10.9. The zero-order valence-corrected chi connectivity index (χ0v) is 15.6. The number of carbonyl (C=O) groups is 1. The molecule has 0 aliphatic heterocycles. The highest BCUT2D eigenvalue weighted by atomic mass is 32.2. The van der Waals surface area contributed by atoms with Gasteiger partial charge in [0.2, 0.25) is 5.91 Å². The van der Waals surface area contributed by atoms with E-state index in [9.17, 15) is 4.79 Å². The van der Waals surface area contributed by atoms with E-state index >= 15 is 0 Å². The van der Waals surface area contributed by atoms with Crippen LogP contribution in [0.3, 0.4) is 0 Å². The maximum absolute atomic E-state index is 12.3. The highest BCUT2D eigenvalue weighted by molar-refractivity contribution is 7.98. The average Bonchev–Trinajstić information content (AvgIpc) is 3.28. The SMILES string of the molecule is O=C(Cc1c[nH]c2ccccc12)Nc1nc(CSc2ccccc2)cs1. The molecule has 2 N–H and O–H groups in total. The first-order valence-corrected chi connectivity index (χ1v) is 10.1. The zero-order valence-electron chi connectivity index (χ0n) is 13.9.